The van der Waals surface area contributed by atoms with Gasteiger partial charge in [0.25, 0.3) is 0 Å². The van der Waals surface area contributed by atoms with Crippen LogP contribution in [0.15, 0.2) is 24.3 Å². The Labute approximate surface area is 137 Å². The van der Waals surface area contributed by atoms with Crippen LogP contribution in [-0.4, -0.2) is 29.0 Å². The molecule has 1 aromatic carbocycles. The molecule has 0 heterocycles. The van der Waals surface area contributed by atoms with E-state index in [1.807, 2.05) is 0 Å². The van der Waals surface area contributed by atoms with E-state index in [1.165, 1.54) is 12.1 Å². The zero-order valence-corrected chi connectivity index (χ0v) is 13.5. The lowest BCUT2D eigenvalue weighted by Crippen LogP contribution is -2.25. The molecule has 0 aliphatic carbocycles. The zero-order chi connectivity index (χ0) is 18.5. The number of benzene rings is 1. The van der Waals surface area contributed by atoms with Crippen LogP contribution in [0.4, 0.5) is 13.2 Å². The van der Waals surface area contributed by atoms with Crippen LogP contribution in [0, 0.1) is 0 Å². The number of rotatable bonds is 6. The van der Waals surface area contributed by atoms with Gasteiger partial charge in [-0.2, -0.15) is 0 Å². The van der Waals surface area contributed by atoms with E-state index in [0.29, 0.717) is 0 Å². The molecule has 1 rings (SSSR count). The fourth-order valence-electron chi connectivity index (χ4n) is 2.07. The summed E-state index contributed by atoms with van der Waals surface area (Å²) in [4.78, 5) is 22.9. The minimum atomic E-state index is -4.86. The molecule has 0 bridgehead atoms. The summed E-state index contributed by atoms with van der Waals surface area (Å²) in [6.45, 7) is 4.98. The van der Waals surface area contributed by atoms with Gasteiger partial charge in [-0.05, 0) is 38.5 Å². The van der Waals surface area contributed by atoms with Crippen molar-refractivity contribution in [3.8, 4) is 5.75 Å². The van der Waals surface area contributed by atoms with Gasteiger partial charge in [-0.3, -0.25) is 9.59 Å². The van der Waals surface area contributed by atoms with Crippen molar-refractivity contribution in [1.29, 1.82) is 0 Å². The van der Waals surface area contributed by atoms with E-state index in [2.05, 4.69) is 4.74 Å². The number of aliphatic carboxylic acids is 1. The average molecular weight is 348 g/mol. The lowest BCUT2D eigenvalue weighted by Gasteiger charge is -2.22. The Morgan fingerprint density at radius 1 is 1.17 bits per heavy atom. The lowest BCUT2D eigenvalue weighted by atomic mass is 9.92. The van der Waals surface area contributed by atoms with Crippen LogP contribution in [0.2, 0.25) is 0 Å². The molecule has 0 aliphatic rings. The average Bonchev–Trinajstić information content (AvgIpc) is 2.33. The van der Waals surface area contributed by atoms with E-state index >= 15 is 0 Å². The molecule has 1 unspecified atom stereocenters. The first-order chi connectivity index (χ1) is 10.9. The maximum atomic E-state index is 12.3. The largest absolute Gasteiger partial charge is 0.573 e. The van der Waals surface area contributed by atoms with Gasteiger partial charge in [0, 0.05) is 5.92 Å². The van der Waals surface area contributed by atoms with Crippen molar-refractivity contribution in [1.82, 2.24) is 0 Å². The molecule has 1 atom stereocenters. The van der Waals surface area contributed by atoms with Crippen LogP contribution in [0.1, 0.15) is 45.1 Å². The van der Waals surface area contributed by atoms with Crippen molar-refractivity contribution >= 4 is 11.9 Å². The van der Waals surface area contributed by atoms with E-state index < -0.39 is 42.0 Å². The summed E-state index contributed by atoms with van der Waals surface area (Å²) in [5, 5.41) is 8.98. The molecule has 0 amide bonds. The van der Waals surface area contributed by atoms with Crippen LogP contribution in [-0.2, 0) is 14.3 Å². The highest BCUT2D eigenvalue weighted by Gasteiger charge is 2.31. The highest BCUT2D eigenvalue weighted by Crippen LogP contribution is 2.30. The molecule has 0 radical (unpaired) electrons. The van der Waals surface area contributed by atoms with Gasteiger partial charge in [-0.25, -0.2) is 0 Å². The van der Waals surface area contributed by atoms with Gasteiger partial charge in [0.2, 0.25) is 0 Å². The number of hydrogen-bond acceptors (Lipinski definition) is 4. The molecule has 0 aliphatic heterocycles. The van der Waals surface area contributed by atoms with Gasteiger partial charge >= 0.3 is 18.3 Å². The summed E-state index contributed by atoms with van der Waals surface area (Å²) in [5.41, 5.74) is -0.489. The van der Waals surface area contributed by atoms with Gasteiger partial charge in [0.05, 0.1) is 12.8 Å². The second-order valence-corrected chi connectivity index (χ2v) is 6.21. The van der Waals surface area contributed by atoms with E-state index in [4.69, 9.17) is 9.84 Å². The van der Waals surface area contributed by atoms with Crippen molar-refractivity contribution in [3.05, 3.63) is 29.8 Å². The molecule has 8 heteroatoms. The van der Waals surface area contributed by atoms with Crippen LogP contribution in [0.3, 0.4) is 0 Å². The Kier molecular flexibility index (Phi) is 6.22. The molecule has 0 saturated carbocycles. The summed E-state index contributed by atoms with van der Waals surface area (Å²) in [5.74, 6) is -3.10. The maximum absolute atomic E-state index is 12.3. The van der Waals surface area contributed by atoms with Gasteiger partial charge in [-0.15, -0.1) is 13.2 Å². The van der Waals surface area contributed by atoms with Gasteiger partial charge in [0.15, 0.2) is 0 Å². The Morgan fingerprint density at radius 3 is 2.29 bits per heavy atom. The molecule has 1 aromatic rings. The van der Waals surface area contributed by atoms with Crippen molar-refractivity contribution in [3.63, 3.8) is 0 Å². The van der Waals surface area contributed by atoms with Crippen LogP contribution >= 0.6 is 0 Å². The number of carbonyl (C=O) groups excluding carboxylic acids is 1. The third-order valence-corrected chi connectivity index (χ3v) is 2.82. The molecular formula is C16H19F3O5. The number of esters is 1. The SMILES string of the molecule is CC(C)(C)OC(=O)CC(CC(=O)O)c1cccc(OC(F)(F)F)c1. The van der Waals surface area contributed by atoms with Crippen molar-refractivity contribution < 1.29 is 37.3 Å². The van der Waals surface area contributed by atoms with Crippen molar-refractivity contribution in [2.75, 3.05) is 0 Å². The number of carbonyl (C=O) groups is 2. The van der Waals surface area contributed by atoms with E-state index in [0.717, 1.165) is 12.1 Å². The summed E-state index contributed by atoms with van der Waals surface area (Å²) >= 11 is 0. The monoisotopic (exact) mass is 348 g/mol. The molecule has 134 valence electrons. The summed E-state index contributed by atoms with van der Waals surface area (Å²) < 4.78 is 45.8. The quantitative estimate of drug-likeness (QED) is 0.790. The summed E-state index contributed by atoms with van der Waals surface area (Å²) in [7, 11) is 0. The van der Waals surface area contributed by atoms with Gasteiger partial charge in [0.1, 0.15) is 11.4 Å². The van der Waals surface area contributed by atoms with Gasteiger partial charge < -0.3 is 14.6 Å². The highest BCUT2D eigenvalue weighted by atomic mass is 19.4. The van der Waals surface area contributed by atoms with Gasteiger partial charge in [-0.1, -0.05) is 12.1 Å². The molecule has 1 N–H and O–H groups in total. The van der Waals surface area contributed by atoms with E-state index in [9.17, 15) is 22.8 Å². The van der Waals surface area contributed by atoms with E-state index in [1.54, 1.807) is 20.8 Å². The van der Waals surface area contributed by atoms with Crippen molar-refractivity contribution in [2.45, 2.75) is 51.5 Å². The molecule has 0 spiro atoms. The minimum absolute atomic E-state index is 0.255. The molecule has 0 aromatic heterocycles. The van der Waals surface area contributed by atoms with Crippen molar-refractivity contribution in [2.24, 2.45) is 0 Å². The Balaban J connectivity index is 2.97. The highest BCUT2D eigenvalue weighted by molar-refractivity contribution is 5.74. The molecule has 5 nitrogen and oxygen atoms in total. The predicted octanol–water partition coefficient (Wildman–Crippen LogP) is 3.88. The van der Waals surface area contributed by atoms with Crippen LogP contribution in [0.25, 0.3) is 0 Å². The molecule has 0 saturated heterocycles. The zero-order valence-electron chi connectivity index (χ0n) is 13.5. The number of ether oxygens (including phenoxy) is 2. The Bertz CT molecular complexity index is 590. The number of alkyl halides is 3. The van der Waals surface area contributed by atoms with E-state index in [-0.39, 0.29) is 12.0 Å². The summed E-state index contributed by atoms with van der Waals surface area (Å²) in [6.07, 6.45) is -5.54. The molecular weight excluding hydrogens is 329 g/mol. The molecule has 24 heavy (non-hydrogen) atoms. The second kappa shape index (κ2) is 7.55. The topological polar surface area (TPSA) is 72.8 Å². The Hall–Kier alpha value is -2.25. The first kappa shape index (κ1) is 19.8. The lowest BCUT2D eigenvalue weighted by molar-refractivity contribution is -0.274. The standard InChI is InChI=1S/C16H19F3O5/c1-15(2,3)24-14(22)9-11(8-13(20)21)10-5-4-6-12(7-10)23-16(17,18)19/h4-7,11H,8-9H2,1-3H3,(H,20,21). The molecule has 0 fully saturated rings. The minimum Gasteiger partial charge on any atom is -0.481 e. The number of carboxylic acids is 1. The first-order valence-corrected chi connectivity index (χ1v) is 7.15. The normalized spacial score (nSPS) is 13.2. The maximum Gasteiger partial charge on any atom is 0.573 e. The summed E-state index contributed by atoms with van der Waals surface area (Å²) in [6, 6.07) is 4.93. The van der Waals surface area contributed by atoms with Crippen LogP contribution in [0.5, 0.6) is 5.75 Å². The number of hydrogen-bond donors (Lipinski definition) is 1. The first-order valence-electron chi connectivity index (χ1n) is 7.15. The smallest absolute Gasteiger partial charge is 0.481 e. The fourth-order valence-corrected chi connectivity index (χ4v) is 2.07. The third-order valence-electron chi connectivity index (χ3n) is 2.82. The fraction of sp³-hybridized carbons (Fsp3) is 0.500. The predicted molar refractivity (Wildman–Crippen MR) is 78.6 cm³/mol. The third kappa shape index (κ3) is 7.85. The van der Waals surface area contributed by atoms with Crippen LogP contribution < -0.4 is 4.74 Å². The number of halogens is 3. The number of carboxylic acid groups (broad SMARTS) is 1. The second-order valence-electron chi connectivity index (χ2n) is 6.21. The Morgan fingerprint density at radius 2 is 1.79 bits per heavy atom.